The van der Waals surface area contributed by atoms with Crippen molar-refractivity contribution in [2.75, 3.05) is 23.7 Å². The van der Waals surface area contributed by atoms with Crippen LogP contribution in [0.2, 0.25) is 0 Å². The van der Waals surface area contributed by atoms with Gasteiger partial charge in [0.2, 0.25) is 5.91 Å². The van der Waals surface area contributed by atoms with Gasteiger partial charge in [-0.1, -0.05) is 21.1 Å². The molecule has 0 bridgehead atoms. The Hall–Kier alpha value is -2.56. The van der Waals surface area contributed by atoms with Crippen molar-refractivity contribution < 1.29 is 14.1 Å². The van der Waals surface area contributed by atoms with Crippen LogP contribution >= 0.6 is 27.3 Å². The van der Waals surface area contributed by atoms with Crippen molar-refractivity contribution in [1.82, 2.24) is 15.0 Å². The fourth-order valence-corrected chi connectivity index (χ4v) is 4.32. The van der Waals surface area contributed by atoms with E-state index in [1.54, 1.807) is 13.0 Å². The fourth-order valence-electron chi connectivity index (χ4n) is 3.01. The van der Waals surface area contributed by atoms with Gasteiger partial charge < -0.3 is 9.84 Å². The monoisotopic (exact) mass is 475 g/mol. The molecule has 0 saturated heterocycles. The van der Waals surface area contributed by atoms with Crippen LogP contribution in [0.15, 0.2) is 39.3 Å². The van der Waals surface area contributed by atoms with E-state index in [1.165, 1.54) is 11.3 Å². The quantitative estimate of drug-likeness (QED) is 0.585. The van der Waals surface area contributed by atoms with E-state index < -0.39 is 0 Å². The summed E-state index contributed by atoms with van der Waals surface area (Å²) >= 11 is 4.80. The Morgan fingerprint density at radius 3 is 2.79 bits per heavy atom. The number of rotatable bonds is 5. The molecule has 2 aromatic heterocycles. The zero-order valence-electron chi connectivity index (χ0n) is 15.6. The van der Waals surface area contributed by atoms with Crippen molar-refractivity contribution in [2.24, 2.45) is 0 Å². The highest BCUT2D eigenvalue weighted by Crippen LogP contribution is 2.28. The van der Waals surface area contributed by atoms with Crippen LogP contribution in [0.3, 0.4) is 0 Å². The average molecular weight is 476 g/mol. The Bertz CT molecular complexity index is 1050. The van der Waals surface area contributed by atoms with Crippen molar-refractivity contribution >= 4 is 49.9 Å². The van der Waals surface area contributed by atoms with E-state index in [-0.39, 0.29) is 17.5 Å². The first-order chi connectivity index (χ1) is 14.0. The molecule has 3 aromatic rings. The lowest BCUT2D eigenvalue weighted by atomic mass is 10.2. The van der Waals surface area contributed by atoms with Crippen LogP contribution in [0, 0.1) is 6.92 Å². The zero-order chi connectivity index (χ0) is 20.4. The van der Waals surface area contributed by atoms with E-state index in [2.05, 4.69) is 41.6 Å². The maximum absolute atomic E-state index is 12.3. The molecule has 1 aromatic carbocycles. The molecule has 0 unspecified atom stereocenters. The Morgan fingerprint density at radius 2 is 2.07 bits per heavy atom. The molecule has 0 fully saturated rings. The van der Waals surface area contributed by atoms with Gasteiger partial charge in [-0.15, -0.1) is 11.3 Å². The molecule has 3 heterocycles. The Kier molecular flexibility index (Phi) is 5.74. The number of aromatic nitrogens is 2. The summed E-state index contributed by atoms with van der Waals surface area (Å²) in [5.41, 5.74) is 1.95. The maximum atomic E-state index is 12.3. The van der Waals surface area contributed by atoms with Gasteiger partial charge in [-0.2, -0.15) is 0 Å². The fraction of sp³-hybridized carbons (Fsp3) is 0.263. The van der Waals surface area contributed by atoms with Gasteiger partial charge in [-0.3, -0.25) is 19.8 Å². The lowest BCUT2D eigenvalue weighted by Crippen LogP contribution is -2.36. The number of fused-ring (bicyclic) bond motifs is 1. The first kappa shape index (κ1) is 19.7. The molecule has 2 N–H and O–H groups in total. The number of anilines is 2. The first-order valence-electron chi connectivity index (χ1n) is 8.97. The van der Waals surface area contributed by atoms with Crippen LogP contribution in [0.5, 0.6) is 0 Å². The smallest absolute Gasteiger partial charge is 0.279 e. The first-order valence-corrected chi connectivity index (χ1v) is 10.6. The highest BCUT2D eigenvalue weighted by atomic mass is 79.9. The summed E-state index contributed by atoms with van der Waals surface area (Å²) in [6, 6.07) is 9.05. The van der Waals surface area contributed by atoms with Crippen LogP contribution in [0.4, 0.5) is 10.8 Å². The second-order valence-corrected chi connectivity index (χ2v) is 8.68. The predicted octanol–water partition coefficient (Wildman–Crippen LogP) is 3.45. The normalized spacial score (nSPS) is 13.7. The second-order valence-electron chi connectivity index (χ2n) is 6.68. The number of aryl methyl sites for hydroxylation is 1. The summed E-state index contributed by atoms with van der Waals surface area (Å²) in [6.45, 7) is 3.39. The minimum Gasteiger partial charge on any atom is -0.361 e. The topological polar surface area (TPSA) is 100 Å². The van der Waals surface area contributed by atoms with E-state index in [1.807, 2.05) is 24.3 Å². The Morgan fingerprint density at radius 1 is 1.28 bits per heavy atom. The number of carbonyl (C=O) groups excluding carboxylic acids is 2. The number of thiazole rings is 1. The van der Waals surface area contributed by atoms with Crippen molar-refractivity contribution in [3.8, 4) is 0 Å². The van der Waals surface area contributed by atoms with Crippen LogP contribution in [0.25, 0.3) is 0 Å². The summed E-state index contributed by atoms with van der Waals surface area (Å²) < 4.78 is 5.89. The SMILES string of the molecule is Cc1cc(C(=O)Nc2nc3c(s2)CN(CC(=O)Nc2ccc(Br)cc2)CC3)no1. The highest BCUT2D eigenvalue weighted by Gasteiger charge is 2.23. The van der Waals surface area contributed by atoms with Crippen molar-refractivity contribution in [1.29, 1.82) is 0 Å². The number of hydrogen-bond acceptors (Lipinski definition) is 7. The number of benzene rings is 1. The van der Waals surface area contributed by atoms with Gasteiger partial charge >= 0.3 is 0 Å². The van der Waals surface area contributed by atoms with E-state index in [4.69, 9.17) is 4.52 Å². The van der Waals surface area contributed by atoms with Crippen LogP contribution in [-0.2, 0) is 17.8 Å². The summed E-state index contributed by atoms with van der Waals surface area (Å²) in [5.74, 6) is 0.166. The lowest BCUT2D eigenvalue weighted by molar-refractivity contribution is -0.117. The minimum atomic E-state index is -0.348. The van der Waals surface area contributed by atoms with Crippen LogP contribution in [0.1, 0.15) is 26.8 Å². The largest absolute Gasteiger partial charge is 0.361 e. The summed E-state index contributed by atoms with van der Waals surface area (Å²) in [4.78, 5) is 32.2. The van der Waals surface area contributed by atoms with E-state index in [0.717, 1.165) is 33.7 Å². The van der Waals surface area contributed by atoms with Gasteiger partial charge in [0.15, 0.2) is 10.8 Å². The Balaban J connectivity index is 1.34. The van der Waals surface area contributed by atoms with Crippen LogP contribution in [-0.4, -0.2) is 39.9 Å². The molecule has 4 rings (SSSR count). The van der Waals surface area contributed by atoms with Gasteiger partial charge in [0.1, 0.15) is 5.76 Å². The molecule has 8 nitrogen and oxygen atoms in total. The molecule has 0 saturated carbocycles. The molecular weight excluding hydrogens is 458 g/mol. The molecule has 29 heavy (non-hydrogen) atoms. The molecule has 10 heteroatoms. The number of carbonyl (C=O) groups is 2. The number of amides is 2. The minimum absolute atomic E-state index is 0.0600. The lowest BCUT2D eigenvalue weighted by Gasteiger charge is -2.25. The second kappa shape index (κ2) is 8.44. The molecule has 1 aliphatic rings. The average Bonchev–Trinajstić information content (AvgIpc) is 3.29. The predicted molar refractivity (Wildman–Crippen MR) is 113 cm³/mol. The molecule has 0 aliphatic carbocycles. The van der Waals surface area contributed by atoms with Gasteiger partial charge in [-0.05, 0) is 31.2 Å². The Labute approximate surface area is 179 Å². The van der Waals surface area contributed by atoms with E-state index in [9.17, 15) is 9.59 Å². The molecule has 150 valence electrons. The third kappa shape index (κ3) is 4.89. The summed E-state index contributed by atoms with van der Waals surface area (Å²) in [7, 11) is 0. The van der Waals surface area contributed by atoms with Crippen LogP contribution < -0.4 is 10.6 Å². The third-order valence-corrected chi connectivity index (χ3v) is 5.91. The molecule has 1 aliphatic heterocycles. The van der Waals surface area contributed by atoms with Gasteiger partial charge in [0, 0.05) is 40.6 Å². The van der Waals surface area contributed by atoms with Crippen molar-refractivity contribution in [3.05, 3.63) is 56.8 Å². The summed E-state index contributed by atoms with van der Waals surface area (Å²) in [5, 5.41) is 9.91. The van der Waals surface area contributed by atoms with Gasteiger partial charge in [0.25, 0.3) is 5.91 Å². The van der Waals surface area contributed by atoms with Crippen molar-refractivity contribution in [2.45, 2.75) is 19.9 Å². The highest BCUT2D eigenvalue weighted by molar-refractivity contribution is 9.10. The summed E-state index contributed by atoms with van der Waals surface area (Å²) in [6.07, 6.45) is 0.732. The molecule has 0 spiro atoms. The van der Waals surface area contributed by atoms with Gasteiger partial charge in [0.05, 0.1) is 12.2 Å². The molecule has 0 atom stereocenters. The number of nitrogens with one attached hydrogen (secondary N) is 2. The molecule has 2 amide bonds. The van der Waals surface area contributed by atoms with Crippen molar-refractivity contribution in [3.63, 3.8) is 0 Å². The molecular formula is C19H18BrN5O3S. The number of halogens is 1. The number of hydrogen-bond donors (Lipinski definition) is 2. The zero-order valence-corrected chi connectivity index (χ0v) is 18.0. The third-order valence-electron chi connectivity index (χ3n) is 4.39. The molecule has 0 radical (unpaired) electrons. The van der Waals surface area contributed by atoms with E-state index >= 15 is 0 Å². The standard InChI is InChI=1S/C19H18BrN5O3S/c1-11-8-15(24-28-11)18(27)23-19-22-14-6-7-25(9-16(14)29-19)10-17(26)21-13-4-2-12(20)3-5-13/h2-5,8H,6-7,9-10H2,1H3,(H,21,26)(H,22,23,27). The van der Waals surface area contributed by atoms with Gasteiger partial charge in [-0.25, -0.2) is 4.98 Å². The number of nitrogens with zero attached hydrogens (tertiary/aromatic N) is 3. The van der Waals surface area contributed by atoms with E-state index in [0.29, 0.717) is 24.0 Å². The maximum Gasteiger partial charge on any atom is 0.279 e.